The van der Waals surface area contributed by atoms with Gasteiger partial charge < -0.3 is 4.74 Å². The molecule has 0 aliphatic rings. The van der Waals surface area contributed by atoms with Crippen molar-refractivity contribution in [1.29, 1.82) is 0 Å². The lowest BCUT2D eigenvalue weighted by Gasteiger charge is -2.04. The molecule has 0 N–H and O–H groups in total. The smallest absolute Gasteiger partial charge is 0.417 e. The Kier molecular flexibility index (Phi) is 3.05. The van der Waals surface area contributed by atoms with Crippen molar-refractivity contribution in [2.24, 2.45) is 0 Å². The molecule has 0 aliphatic heterocycles. The van der Waals surface area contributed by atoms with E-state index in [2.05, 4.69) is 10.1 Å². The van der Waals surface area contributed by atoms with Crippen LogP contribution in [0.5, 0.6) is 6.08 Å². The number of aromatic nitrogens is 2. The van der Waals surface area contributed by atoms with E-state index in [9.17, 15) is 4.39 Å². The number of nitrogens with zero attached hydrogens (tertiary/aromatic N) is 2. The van der Waals surface area contributed by atoms with Gasteiger partial charge in [-0.05, 0) is 19.1 Å². The predicted octanol–water partition coefficient (Wildman–Crippen LogP) is 2.75. The molecule has 1 aromatic heterocycles. The van der Waals surface area contributed by atoms with Gasteiger partial charge in [0.2, 0.25) is 0 Å². The molecule has 1 aromatic carbocycles. The van der Waals surface area contributed by atoms with Gasteiger partial charge in [-0.2, -0.15) is 4.98 Å². The van der Waals surface area contributed by atoms with E-state index in [1.807, 2.05) is 0 Å². The van der Waals surface area contributed by atoms with Gasteiger partial charge in [0.1, 0.15) is 12.4 Å². The highest BCUT2D eigenvalue weighted by Gasteiger charge is 2.10. The zero-order valence-electron chi connectivity index (χ0n) is 8.41. The number of ether oxygens (including phenoxy) is 1. The molecule has 0 aliphatic carbocycles. The molecule has 0 saturated carbocycles. The molecule has 2 aromatic rings. The summed E-state index contributed by atoms with van der Waals surface area (Å²) in [5.41, 5.74) is 0.264. The van der Waals surface area contributed by atoms with Gasteiger partial charge in [-0.1, -0.05) is 22.8 Å². The van der Waals surface area contributed by atoms with Gasteiger partial charge in [-0.15, -0.1) is 0 Å². The largest absolute Gasteiger partial charge is 0.444 e. The average molecular weight is 243 g/mol. The van der Waals surface area contributed by atoms with Gasteiger partial charge in [0, 0.05) is 5.56 Å². The van der Waals surface area contributed by atoms with Crippen LogP contribution in [0.3, 0.4) is 0 Å². The van der Waals surface area contributed by atoms with E-state index in [1.54, 1.807) is 13.0 Å². The van der Waals surface area contributed by atoms with E-state index >= 15 is 0 Å². The number of hydrogen-bond donors (Lipinski definition) is 0. The van der Waals surface area contributed by atoms with Crippen molar-refractivity contribution in [1.82, 2.24) is 10.1 Å². The molecule has 0 unspecified atom stereocenters. The maximum Gasteiger partial charge on any atom is 0.417 e. The van der Waals surface area contributed by atoms with Gasteiger partial charge in [0.05, 0.1) is 5.02 Å². The molecule has 6 heteroatoms. The molecular formula is C10H8ClFN2O2. The molecule has 1 heterocycles. The van der Waals surface area contributed by atoms with Crippen molar-refractivity contribution in [3.63, 3.8) is 0 Å². The fraction of sp³-hybridized carbons (Fsp3) is 0.200. The summed E-state index contributed by atoms with van der Waals surface area (Å²) >= 11 is 5.81. The Morgan fingerprint density at radius 1 is 1.50 bits per heavy atom. The van der Waals surface area contributed by atoms with Gasteiger partial charge in [-0.3, -0.25) is 4.52 Å². The molecule has 0 amide bonds. The molecule has 0 radical (unpaired) electrons. The third-order valence-corrected chi connectivity index (χ3v) is 2.26. The first-order valence-corrected chi connectivity index (χ1v) is 4.90. The Hall–Kier alpha value is -1.62. The fourth-order valence-corrected chi connectivity index (χ4v) is 1.36. The first-order chi connectivity index (χ1) is 7.66. The van der Waals surface area contributed by atoms with Crippen molar-refractivity contribution in [3.05, 3.63) is 40.4 Å². The van der Waals surface area contributed by atoms with Crippen LogP contribution in [0.2, 0.25) is 5.02 Å². The van der Waals surface area contributed by atoms with E-state index in [0.29, 0.717) is 10.8 Å². The Labute approximate surface area is 96.0 Å². The van der Waals surface area contributed by atoms with Crippen LogP contribution in [0.4, 0.5) is 4.39 Å². The van der Waals surface area contributed by atoms with Crippen LogP contribution in [0.1, 0.15) is 11.4 Å². The average Bonchev–Trinajstić information content (AvgIpc) is 2.63. The summed E-state index contributed by atoms with van der Waals surface area (Å²) in [5.74, 6) is 0.0263. The molecule has 0 spiro atoms. The molecule has 0 saturated heterocycles. The van der Waals surface area contributed by atoms with E-state index in [-0.39, 0.29) is 18.2 Å². The standard InChI is InChI=1S/C10H8ClFN2O2/c1-6-13-10(16-14-6)15-5-7-8(11)3-2-4-9(7)12/h2-4H,5H2,1H3. The van der Waals surface area contributed by atoms with Crippen LogP contribution < -0.4 is 4.74 Å². The molecule has 0 fully saturated rings. The van der Waals surface area contributed by atoms with Crippen LogP contribution in [0.25, 0.3) is 0 Å². The third kappa shape index (κ3) is 2.30. The van der Waals surface area contributed by atoms with Crippen molar-refractivity contribution in [3.8, 4) is 6.08 Å². The Morgan fingerprint density at radius 2 is 2.31 bits per heavy atom. The molecule has 84 valence electrons. The van der Waals surface area contributed by atoms with Gasteiger partial charge >= 0.3 is 6.08 Å². The second-order valence-corrected chi connectivity index (χ2v) is 3.50. The SMILES string of the molecule is Cc1noc(OCc2c(F)cccc2Cl)n1. The summed E-state index contributed by atoms with van der Waals surface area (Å²) in [5, 5.41) is 3.84. The highest BCUT2D eigenvalue weighted by atomic mass is 35.5. The summed E-state index contributed by atoms with van der Waals surface area (Å²) in [6, 6.07) is 4.42. The first-order valence-electron chi connectivity index (χ1n) is 4.53. The van der Waals surface area contributed by atoms with Crippen molar-refractivity contribution in [2.75, 3.05) is 0 Å². The van der Waals surface area contributed by atoms with Crippen LogP contribution in [-0.2, 0) is 6.61 Å². The van der Waals surface area contributed by atoms with Crippen LogP contribution >= 0.6 is 11.6 Å². The number of rotatable bonds is 3. The van der Waals surface area contributed by atoms with Crippen LogP contribution in [-0.4, -0.2) is 10.1 Å². The van der Waals surface area contributed by atoms with Crippen molar-refractivity contribution < 1.29 is 13.7 Å². The zero-order chi connectivity index (χ0) is 11.5. The van der Waals surface area contributed by atoms with Crippen LogP contribution in [0, 0.1) is 12.7 Å². The number of benzene rings is 1. The quantitative estimate of drug-likeness (QED) is 0.830. The fourth-order valence-electron chi connectivity index (χ4n) is 1.14. The monoisotopic (exact) mass is 242 g/mol. The maximum atomic E-state index is 13.3. The maximum absolute atomic E-state index is 13.3. The Balaban J connectivity index is 2.10. The zero-order valence-corrected chi connectivity index (χ0v) is 9.16. The van der Waals surface area contributed by atoms with E-state index < -0.39 is 5.82 Å². The lowest BCUT2D eigenvalue weighted by molar-refractivity contribution is 0.192. The number of hydrogen-bond acceptors (Lipinski definition) is 4. The van der Waals surface area contributed by atoms with E-state index in [1.165, 1.54) is 12.1 Å². The van der Waals surface area contributed by atoms with Gasteiger partial charge in [0.25, 0.3) is 0 Å². The molecule has 4 nitrogen and oxygen atoms in total. The summed E-state index contributed by atoms with van der Waals surface area (Å²) in [7, 11) is 0. The lowest BCUT2D eigenvalue weighted by Crippen LogP contribution is -1.99. The summed E-state index contributed by atoms with van der Waals surface area (Å²) in [6.07, 6.45) is -0.00294. The second-order valence-electron chi connectivity index (χ2n) is 3.10. The summed E-state index contributed by atoms with van der Waals surface area (Å²) in [6.45, 7) is 1.61. The third-order valence-electron chi connectivity index (χ3n) is 1.91. The highest BCUT2D eigenvalue weighted by Crippen LogP contribution is 2.20. The molecular weight excluding hydrogens is 235 g/mol. The minimum Gasteiger partial charge on any atom is -0.444 e. The molecule has 0 bridgehead atoms. The molecule has 0 atom stereocenters. The number of halogens is 2. The Morgan fingerprint density at radius 3 is 2.94 bits per heavy atom. The first kappa shape index (κ1) is 10.9. The second kappa shape index (κ2) is 4.49. The normalized spacial score (nSPS) is 10.4. The minimum atomic E-state index is -0.427. The summed E-state index contributed by atoms with van der Waals surface area (Å²) < 4.78 is 23.2. The van der Waals surface area contributed by atoms with Crippen molar-refractivity contribution >= 4 is 11.6 Å². The number of aryl methyl sites for hydroxylation is 1. The lowest BCUT2D eigenvalue weighted by atomic mass is 10.2. The highest BCUT2D eigenvalue weighted by molar-refractivity contribution is 6.31. The minimum absolute atomic E-state index is 0.00294. The molecule has 2 rings (SSSR count). The Bertz CT molecular complexity index is 481. The predicted molar refractivity (Wildman–Crippen MR) is 54.8 cm³/mol. The van der Waals surface area contributed by atoms with Gasteiger partial charge in [-0.25, -0.2) is 4.39 Å². The van der Waals surface area contributed by atoms with E-state index in [0.717, 1.165) is 0 Å². The van der Waals surface area contributed by atoms with Crippen LogP contribution in [0.15, 0.2) is 22.7 Å². The topological polar surface area (TPSA) is 48.2 Å². The van der Waals surface area contributed by atoms with E-state index in [4.69, 9.17) is 20.9 Å². The van der Waals surface area contributed by atoms with Gasteiger partial charge in [0.15, 0.2) is 5.82 Å². The molecule has 16 heavy (non-hydrogen) atoms. The van der Waals surface area contributed by atoms with Crippen molar-refractivity contribution in [2.45, 2.75) is 13.5 Å². The summed E-state index contributed by atoms with van der Waals surface area (Å²) in [4.78, 5) is 3.82.